The number of halogens is 1. The van der Waals surface area contributed by atoms with Crippen molar-refractivity contribution in [1.29, 1.82) is 0 Å². The molecule has 1 aliphatic carbocycles. The largest absolute Gasteiger partial charge is 0.313 e. The number of nitrogens with zero attached hydrogens (tertiary/aromatic N) is 1. The van der Waals surface area contributed by atoms with Crippen LogP contribution in [0.4, 0.5) is 11.4 Å². The zero-order valence-corrected chi connectivity index (χ0v) is 20.5. The maximum absolute atomic E-state index is 6.69. The van der Waals surface area contributed by atoms with Crippen LogP contribution in [0.1, 0.15) is 26.7 Å². The van der Waals surface area contributed by atoms with Crippen LogP contribution in [0.15, 0.2) is 138 Å². The monoisotopic (exact) mass is 463 g/mol. The van der Waals surface area contributed by atoms with E-state index in [1.165, 1.54) is 28.0 Å². The van der Waals surface area contributed by atoms with Crippen LogP contribution in [-0.2, 0) is 0 Å². The Bertz CT molecular complexity index is 1260. The highest BCUT2D eigenvalue weighted by Gasteiger charge is 2.16. The van der Waals surface area contributed by atoms with Gasteiger partial charge >= 0.3 is 0 Å². The Morgan fingerprint density at radius 3 is 2.26 bits per heavy atom. The van der Waals surface area contributed by atoms with Gasteiger partial charge in [-0.25, -0.2) is 0 Å². The van der Waals surface area contributed by atoms with E-state index in [0.29, 0.717) is 0 Å². The SMILES string of the molecule is CC/C(=C\C=C(/C)C1=CC=CC=CC1)N(c1ccc(-c2ccccc2)cc1)c1ccccc1Cl. The second-order valence-electron chi connectivity index (χ2n) is 8.27. The van der Waals surface area contributed by atoms with Gasteiger partial charge in [0.05, 0.1) is 10.7 Å². The summed E-state index contributed by atoms with van der Waals surface area (Å²) in [6, 6.07) is 27.2. The number of benzene rings is 3. The summed E-state index contributed by atoms with van der Waals surface area (Å²) in [4.78, 5) is 2.27. The number of rotatable bonds is 7. The molecule has 34 heavy (non-hydrogen) atoms. The summed E-state index contributed by atoms with van der Waals surface area (Å²) in [6.07, 6.45) is 16.9. The van der Waals surface area contributed by atoms with Crippen LogP contribution in [0.3, 0.4) is 0 Å². The topological polar surface area (TPSA) is 3.24 Å². The van der Waals surface area contributed by atoms with Crippen molar-refractivity contribution in [1.82, 2.24) is 0 Å². The average molecular weight is 464 g/mol. The van der Waals surface area contributed by atoms with E-state index in [4.69, 9.17) is 11.6 Å². The van der Waals surface area contributed by atoms with Crippen LogP contribution in [0.2, 0.25) is 5.02 Å². The third-order valence-corrected chi connectivity index (χ3v) is 6.32. The van der Waals surface area contributed by atoms with Gasteiger partial charge < -0.3 is 4.90 Å². The molecule has 0 aromatic heterocycles. The highest BCUT2D eigenvalue weighted by Crippen LogP contribution is 2.37. The molecule has 0 amide bonds. The molecular weight excluding hydrogens is 434 g/mol. The van der Waals surface area contributed by atoms with Crippen LogP contribution < -0.4 is 4.90 Å². The van der Waals surface area contributed by atoms with E-state index in [1.54, 1.807) is 0 Å². The first kappa shape index (κ1) is 23.6. The van der Waals surface area contributed by atoms with Gasteiger partial charge in [0, 0.05) is 11.4 Å². The van der Waals surface area contributed by atoms with Crippen molar-refractivity contribution in [2.75, 3.05) is 4.90 Å². The molecular formula is C32H30ClN. The lowest BCUT2D eigenvalue weighted by atomic mass is 10.0. The molecule has 1 nitrogen and oxygen atoms in total. The van der Waals surface area contributed by atoms with Crippen molar-refractivity contribution in [3.63, 3.8) is 0 Å². The Morgan fingerprint density at radius 2 is 1.53 bits per heavy atom. The molecule has 0 saturated heterocycles. The molecule has 3 aromatic rings. The predicted molar refractivity (Wildman–Crippen MR) is 149 cm³/mol. The van der Waals surface area contributed by atoms with Crippen LogP contribution in [0.25, 0.3) is 11.1 Å². The van der Waals surface area contributed by atoms with E-state index in [2.05, 4.69) is 116 Å². The Labute approximate surface area is 208 Å². The molecule has 4 rings (SSSR count). The van der Waals surface area contributed by atoms with Gasteiger partial charge in [-0.1, -0.05) is 110 Å². The summed E-state index contributed by atoms with van der Waals surface area (Å²) in [5.74, 6) is 0. The first-order valence-corrected chi connectivity index (χ1v) is 12.2. The molecule has 0 spiro atoms. The zero-order valence-electron chi connectivity index (χ0n) is 19.8. The minimum atomic E-state index is 0.733. The fourth-order valence-corrected chi connectivity index (χ4v) is 4.30. The molecule has 170 valence electrons. The van der Waals surface area contributed by atoms with E-state index in [9.17, 15) is 0 Å². The second-order valence-corrected chi connectivity index (χ2v) is 8.68. The van der Waals surface area contributed by atoms with Crippen molar-refractivity contribution >= 4 is 23.0 Å². The summed E-state index contributed by atoms with van der Waals surface area (Å²) in [6.45, 7) is 4.37. The molecule has 3 aromatic carbocycles. The quantitative estimate of drug-likeness (QED) is 0.315. The van der Waals surface area contributed by atoms with Gasteiger partial charge in [-0.2, -0.15) is 0 Å². The van der Waals surface area contributed by atoms with Crippen molar-refractivity contribution in [2.24, 2.45) is 0 Å². The highest BCUT2D eigenvalue weighted by molar-refractivity contribution is 6.33. The lowest BCUT2D eigenvalue weighted by molar-refractivity contribution is 1.01. The number of hydrogen-bond acceptors (Lipinski definition) is 1. The van der Waals surface area contributed by atoms with Gasteiger partial charge in [0.15, 0.2) is 0 Å². The Kier molecular flexibility index (Phi) is 8.01. The maximum atomic E-state index is 6.69. The minimum Gasteiger partial charge on any atom is -0.313 e. The Hall–Kier alpha value is -3.55. The van der Waals surface area contributed by atoms with Gasteiger partial charge in [0.1, 0.15) is 0 Å². The average Bonchev–Trinajstić information content (AvgIpc) is 3.18. The summed E-state index contributed by atoms with van der Waals surface area (Å²) in [5.41, 5.74) is 8.25. The first-order valence-electron chi connectivity index (χ1n) is 11.8. The van der Waals surface area contributed by atoms with Crippen molar-refractivity contribution in [2.45, 2.75) is 26.7 Å². The van der Waals surface area contributed by atoms with Gasteiger partial charge in [-0.3, -0.25) is 0 Å². The van der Waals surface area contributed by atoms with Crippen molar-refractivity contribution in [3.05, 3.63) is 143 Å². The number of hydrogen-bond donors (Lipinski definition) is 0. The zero-order chi connectivity index (χ0) is 23.8. The molecule has 0 atom stereocenters. The fourth-order valence-electron chi connectivity index (χ4n) is 4.07. The summed E-state index contributed by atoms with van der Waals surface area (Å²) < 4.78 is 0. The number of anilines is 2. The van der Waals surface area contributed by atoms with Gasteiger partial charge in [-0.15, -0.1) is 0 Å². The minimum absolute atomic E-state index is 0.733. The van der Waals surface area contributed by atoms with E-state index >= 15 is 0 Å². The van der Waals surface area contributed by atoms with Crippen molar-refractivity contribution < 1.29 is 0 Å². The summed E-state index contributed by atoms with van der Waals surface area (Å²) in [5, 5.41) is 0.733. The van der Waals surface area contributed by atoms with Crippen LogP contribution >= 0.6 is 11.6 Å². The molecule has 0 fully saturated rings. The van der Waals surface area contributed by atoms with Crippen LogP contribution in [0, 0.1) is 0 Å². The molecule has 0 unspecified atom stereocenters. The van der Waals surface area contributed by atoms with Gasteiger partial charge in [0.2, 0.25) is 0 Å². The Balaban J connectivity index is 1.74. The van der Waals surface area contributed by atoms with Crippen LogP contribution in [-0.4, -0.2) is 0 Å². The van der Waals surface area contributed by atoms with E-state index < -0.39 is 0 Å². The normalized spacial score (nSPS) is 14.0. The fraction of sp³-hybridized carbons (Fsp3) is 0.125. The maximum Gasteiger partial charge on any atom is 0.0646 e. The molecule has 0 radical (unpaired) electrons. The third kappa shape index (κ3) is 5.68. The molecule has 2 heteroatoms. The standard InChI is InChI=1S/C32H30ClN/c1-3-29(22-19-25(2)26-13-7-4-5-8-14-26)34(32-18-12-11-17-31(32)33)30-23-20-28(21-24-30)27-15-9-6-10-16-27/h4-13,15-24H,3,14H2,1-2H3/b25-19+,29-22+. The molecule has 0 bridgehead atoms. The number of para-hydroxylation sites is 1. The van der Waals surface area contributed by atoms with E-state index in [0.717, 1.165) is 29.2 Å². The molecule has 0 aliphatic heterocycles. The van der Waals surface area contributed by atoms with Gasteiger partial charge in [0.25, 0.3) is 0 Å². The summed E-state index contributed by atoms with van der Waals surface area (Å²) in [7, 11) is 0. The second kappa shape index (κ2) is 11.5. The van der Waals surface area contributed by atoms with E-state index in [1.807, 2.05) is 24.3 Å². The van der Waals surface area contributed by atoms with E-state index in [-0.39, 0.29) is 0 Å². The first-order chi connectivity index (χ1) is 16.7. The lowest BCUT2D eigenvalue weighted by Crippen LogP contribution is -2.16. The molecule has 0 heterocycles. The number of allylic oxidation sites excluding steroid dienone is 10. The Morgan fingerprint density at radius 1 is 0.824 bits per heavy atom. The highest BCUT2D eigenvalue weighted by atomic mass is 35.5. The van der Waals surface area contributed by atoms with Gasteiger partial charge in [-0.05, 0) is 72.4 Å². The lowest BCUT2D eigenvalue weighted by Gasteiger charge is -2.28. The molecule has 0 saturated carbocycles. The van der Waals surface area contributed by atoms with Crippen molar-refractivity contribution in [3.8, 4) is 11.1 Å². The smallest absolute Gasteiger partial charge is 0.0646 e. The third-order valence-electron chi connectivity index (χ3n) is 6.00. The molecule has 0 N–H and O–H groups in total. The predicted octanol–water partition coefficient (Wildman–Crippen LogP) is 9.83. The summed E-state index contributed by atoms with van der Waals surface area (Å²) >= 11 is 6.69. The molecule has 1 aliphatic rings. The van der Waals surface area contributed by atoms with Crippen LogP contribution in [0.5, 0.6) is 0 Å².